The summed E-state index contributed by atoms with van der Waals surface area (Å²) in [4.78, 5) is 8.89. The SMILES string of the molecule is COc1ccc2nccc([C@@H](O)[C@H](N)C3CCC(NC(C4=CC=CCC4)C4=COC=CO4)CC3)c2n1. The zero-order valence-electron chi connectivity index (χ0n) is 20.5. The fraction of sp³-hybridized carbons (Fsp3) is 0.429. The summed E-state index contributed by atoms with van der Waals surface area (Å²) in [6, 6.07) is 5.33. The quantitative estimate of drug-likeness (QED) is 0.506. The Morgan fingerprint density at radius 2 is 2.03 bits per heavy atom. The lowest BCUT2D eigenvalue weighted by Crippen LogP contribution is -2.46. The second-order valence-electron chi connectivity index (χ2n) is 9.61. The highest BCUT2D eigenvalue weighted by Crippen LogP contribution is 2.34. The maximum atomic E-state index is 11.2. The van der Waals surface area contributed by atoms with Crippen LogP contribution >= 0.6 is 0 Å². The van der Waals surface area contributed by atoms with E-state index < -0.39 is 12.1 Å². The Labute approximate surface area is 211 Å². The van der Waals surface area contributed by atoms with Crippen LogP contribution in [0.25, 0.3) is 11.0 Å². The maximum Gasteiger partial charge on any atom is 0.213 e. The smallest absolute Gasteiger partial charge is 0.213 e. The number of methoxy groups -OCH3 is 1. The van der Waals surface area contributed by atoms with Gasteiger partial charge in [-0.1, -0.05) is 18.2 Å². The lowest BCUT2D eigenvalue weighted by Gasteiger charge is -2.37. The van der Waals surface area contributed by atoms with Crippen molar-refractivity contribution < 1.29 is 19.3 Å². The fourth-order valence-electron chi connectivity index (χ4n) is 5.39. The Morgan fingerprint density at radius 1 is 1.17 bits per heavy atom. The van der Waals surface area contributed by atoms with Gasteiger partial charge in [0.25, 0.3) is 0 Å². The van der Waals surface area contributed by atoms with Gasteiger partial charge in [0.15, 0.2) is 5.76 Å². The highest BCUT2D eigenvalue weighted by atomic mass is 16.5. The van der Waals surface area contributed by atoms with Crippen molar-refractivity contribution in [1.82, 2.24) is 15.3 Å². The van der Waals surface area contributed by atoms with Crippen molar-refractivity contribution >= 4 is 11.0 Å². The molecule has 0 aromatic carbocycles. The van der Waals surface area contributed by atoms with Crippen LogP contribution in [-0.4, -0.2) is 40.3 Å². The molecule has 5 rings (SSSR count). The van der Waals surface area contributed by atoms with E-state index in [-0.39, 0.29) is 12.0 Å². The van der Waals surface area contributed by atoms with Crippen LogP contribution in [0.3, 0.4) is 0 Å². The van der Waals surface area contributed by atoms with Gasteiger partial charge < -0.3 is 30.4 Å². The highest BCUT2D eigenvalue weighted by molar-refractivity contribution is 5.78. The first kappa shape index (κ1) is 24.5. The molecule has 1 unspecified atom stereocenters. The average Bonchev–Trinajstić information content (AvgIpc) is 2.95. The molecule has 0 spiro atoms. The zero-order valence-corrected chi connectivity index (χ0v) is 20.5. The standard InChI is InChI=1S/C28H34N4O4/c1-34-24-12-11-22-27(32-24)21(13-14-30-22)28(33)25(29)18-7-9-20(10-8-18)31-26(19-5-3-2-4-6-19)23-17-35-15-16-36-23/h2-3,5,11-18,20,25-26,28,31,33H,4,6-10,29H2,1H3/t18?,20?,25-,26?,28-/m1/s1. The number of nitrogens with one attached hydrogen (secondary N) is 1. The first-order valence-electron chi connectivity index (χ1n) is 12.7. The van der Waals surface area contributed by atoms with Crippen molar-refractivity contribution in [3.05, 3.63) is 78.3 Å². The number of nitrogens with zero attached hydrogens (tertiary/aromatic N) is 2. The predicted octanol–water partition coefficient (Wildman–Crippen LogP) is 4.15. The number of aromatic nitrogens is 2. The molecule has 1 aliphatic heterocycles. The number of fused-ring (bicyclic) bond motifs is 1. The van der Waals surface area contributed by atoms with Crippen molar-refractivity contribution in [2.75, 3.05) is 7.11 Å². The van der Waals surface area contributed by atoms with Gasteiger partial charge in [-0.2, -0.15) is 0 Å². The first-order chi connectivity index (χ1) is 17.6. The van der Waals surface area contributed by atoms with E-state index in [2.05, 4.69) is 33.5 Å². The largest absolute Gasteiger partial charge is 0.481 e. The molecule has 8 heteroatoms. The van der Waals surface area contributed by atoms with Gasteiger partial charge >= 0.3 is 0 Å². The molecule has 4 N–H and O–H groups in total. The Hall–Kier alpha value is -3.20. The predicted molar refractivity (Wildman–Crippen MR) is 138 cm³/mol. The van der Waals surface area contributed by atoms with Crippen molar-refractivity contribution in [2.24, 2.45) is 11.7 Å². The van der Waals surface area contributed by atoms with Gasteiger partial charge in [0, 0.05) is 29.9 Å². The van der Waals surface area contributed by atoms with E-state index in [1.807, 2.05) is 6.07 Å². The molecule has 1 saturated carbocycles. The fourth-order valence-corrected chi connectivity index (χ4v) is 5.39. The maximum absolute atomic E-state index is 11.2. The third-order valence-corrected chi connectivity index (χ3v) is 7.42. The van der Waals surface area contributed by atoms with Crippen LogP contribution in [0.1, 0.15) is 50.2 Å². The van der Waals surface area contributed by atoms with Crippen molar-refractivity contribution in [3.8, 4) is 5.88 Å². The lowest BCUT2D eigenvalue weighted by molar-refractivity contribution is 0.0995. The minimum Gasteiger partial charge on any atom is -0.481 e. The summed E-state index contributed by atoms with van der Waals surface area (Å²) in [5.41, 5.74) is 9.98. The molecule has 0 bridgehead atoms. The van der Waals surface area contributed by atoms with Crippen LogP contribution in [0.5, 0.6) is 5.88 Å². The average molecular weight is 491 g/mol. The molecule has 1 fully saturated rings. The molecular weight excluding hydrogens is 456 g/mol. The molecule has 190 valence electrons. The summed E-state index contributed by atoms with van der Waals surface area (Å²) in [7, 11) is 1.57. The molecule has 3 aliphatic rings. The third-order valence-electron chi connectivity index (χ3n) is 7.42. The van der Waals surface area contributed by atoms with E-state index in [0.29, 0.717) is 28.5 Å². The zero-order chi connectivity index (χ0) is 24.9. The lowest BCUT2D eigenvalue weighted by atomic mass is 9.78. The molecule has 36 heavy (non-hydrogen) atoms. The van der Waals surface area contributed by atoms with E-state index in [9.17, 15) is 5.11 Å². The number of hydrogen-bond acceptors (Lipinski definition) is 8. The molecule has 0 radical (unpaired) electrons. The molecule has 2 aromatic heterocycles. The highest BCUT2D eigenvalue weighted by Gasteiger charge is 2.33. The van der Waals surface area contributed by atoms with E-state index in [0.717, 1.165) is 44.3 Å². The van der Waals surface area contributed by atoms with Gasteiger partial charge in [-0.25, -0.2) is 4.98 Å². The molecule has 2 aromatic rings. The van der Waals surface area contributed by atoms with Gasteiger partial charge in [-0.3, -0.25) is 4.98 Å². The summed E-state index contributed by atoms with van der Waals surface area (Å²) < 4.78 is 16.4. The number of rotatable bonds is 8. The van der Waals surface area contributed by atoms with Gasteiger partial charge in [0.05, 0.1) is 30.3 Å². The van der Waals surface area contributed by atoms with Crippen LogP contribution in [0, 0.1) is 5.92 Å². The topological polar surface area (TPSA) is 112 Å². The van der Waals surface area contributed by atoms with E-state index in [4.69, 9.17) is 19.9 Å². The molecule has 3 atom stereocenters. The van der Waals surface area contributed by atoms with Gasteiger partial charge in [0.1, 0.15) is 18.8 Å². The van der Waals surface area contributed by atoms with Crippen LogP contribution in [0.2, 0.25) is 0 Å². The number of hydrogen-bond donors (Lipinski definition) is 3. The summed E-state index contributed by atoms with van der Waals surface area (Å²) >= 11 is 0. The summed E-state index contributed by atoms with van der Waals surface area (Å²) in [6.07, 6.45) is 17.9. The Kier molecular flexibility index (Phi) is 7.65. The first-order valence-corrected chi connectivity index (χ1v) is 12.7. The minimum atomic E-state index is -0.832. The van der Waals surface area contributed by atoms with Crippen LogP contribution < -0.4 is 15.8 Å². The second kappa shape index (κ2) is 11.2. The number of aliphatic hydroxyl groups excluding tert-OH is 1. The van der Waals surface area contributed by atoms with Crippen molar-refractivity contribution in [3.63, 3.8) is 0 Å². The number of pyridine rings is 2. The molecule has 0 saturated heterocycles. The van der Waals surface area contributed by atoms with E-state index in [1.165, 1.54) is 11.8 Å². The van der Waals surface area contributed by atoms with Crippen LogP contribution in [0.15, 0.2) is 72.7 Å². The van der Waals surface area contributed by atoms with Gasteiger partial charge in [-0.05, 0) is 62.1 Å². The van der Waals surface area contributed by atoms with Crippen LogP contribution in [-0.2, 0) is 9.47 Å². The molecule has 0 amide bonds. The second-order valence-corrected chi connectivity index (χ2v) is 9.61. The van der Waals surface area contributed by atoms with Gasteiger partial charge in [0.2, 0.25) is 5.88 Å². The number of nitrogens with two attached hydrogens (primary N) is 1. The summed E-state index contributed by atoms with van der Waals surface area (Å²) in [5, 5.41) is 15.1. The third kappa shape index (κ3) is 5.31. The molecule has 3 heterocycles. The summed E-state index contributed by atoms with van der Waals surface area (Å²) in [6.45, 7) is 0. The Morgan fingerprint density at radius 3 is 2.75 bits per heavy atom. The van der Waals surface area contributed by atoms with Crippen molar-refractivity contribution in [1.29, 1.82) is 0 Å². The minimum absolute atomic E-state index is 0.0232. The normalized spacial score (nSPS) is 24.2. The van der Waals surface area contributed by atoms with Crippen LogP contribution in [0.4, 0.5) is 0 Å². The van der Waals surface area contributed by atoms with Gasteiger partial charge in [-0.15, -0.1) is 0 Å². The monoisotopic (exact) mass is 490 g/mol. The van der Waals surface area contributed by atoms with Crippen molar-refractivity contribution in [2.45, 2.75) is 62.8 Å². The number of allylic oxidation sites excluding steroid dienone is 3. The Bertz CT molecular complexity index is 1180. The number of aliphatic hydroxyl groups is 1. The molecule has 8 nitrogen and oxygen atoms in total. The number of ether oxygens (including phenoxy) is 3. The van der Waals surface area contributed by atoms with E-state index >= 15 is 0 Å². The summed E-state index contributed by atoms with van der Waals surface area (Å²) in [5.74, 6) is 1.47. The Balaban J connectivity index is 1.24. The van der Waals surface area contributed by atoms with E-state index in [1.54, 1.807) is 38.0 Å². The molecular formula is C28H34N4O4. The molecule has 2 aliphatic carbocycles.